The summed E-state index contributed by atoms with van der Waals surface area (Å²) < 4.78 is 5.71. The summed E-state index contributed by atoms with van der Waals surface area (Å²) in [6.45, 7) is 0. The standard InChI is InChI=1S/C13H17BrN2O2/c14-12-9-8-11(18-12)13(17)16-15-10-6-4-2-1-3-5-7-10/h8-9H,1-7H2,(H,16,17). The summed E-state index contributed by atoms with van der Waals surface area (Å²) in [5, 5.41) is 4.21. The Bertz CT molecular complexity index is 430. The molecule has 1 aromatic rings. The van der Waals surface area contributed by atoms with Crippen molar-refractivity contribution in [1.82, 2.24) is 5.43 Å². The quantitative estimate of drug-likeness (QED) is 0.843. The van der Waals surface area contributed by atoms with Crippen LogP contribution in [0.4, 0.5) is 0 Å². The van der Waals surface area contributed by atoms with Crippen LogP contribution in [0.15, 0.2) is 26.3 Å². The maximum atomic E-state index is 11.7. The summed E-state index contributed by atoms with van der Waals surface area (Å²) in [6, 6.07) is 3.32. The molecule has 1 amide bonds. The van der Waals surface area contributed by atoms with Crippen molar-refractivity contribution in [3.05, 3.63) is 22.6 Å². The average molecular weight is 313 g/mol. The smallest absolute Gasteiger partial charge is 0.307 e. The van der Waals surface area contributed by atoms with Crippen LogP contribution in [-0.2, 0) is 0 Å². The normalized spacial score (nSPS) is 16.8. The average Bonchev–Trinajstić information content (AvgIpc) is 2.74. The van der Waals surface area contributed by atoms with Gasteiger partial charge in [-0.05, 0) is 53.7 Å². The Kier molecular flexibility index (Phi) is 4.99. The van der Waals surface area contributed by atoms with E-state index in [0.717, 1.165) is 18.6 Å². The molecule has 1 N–H and O–H groups in total. The summed E-state index contributed by atoms with van der Waals surface area (Å²) >= 11 is 3.16. The number of carbonyl (C=O) groups is 1. The Morgan fingerprint density at radius 2 is 1.83 bits per heavy atom. The molecule has 0 unspecified atom stereocenters. The Morgan fingerprint density at radius 1 is 1.17 bits per heavy atom. The summed E-state index contributed by atoms with van der Waals surface area (Å²) in [4.78, 5) is 11.7. The van der Waals surface area contributed by atoms with Gasteiger partial charge >= 0.3 is 5.91 Å². The Balaban J connectivity index is 1.90. The number of nitrogens with one attached hydrogen (secondary N) is 1. The number of hydrazone groups is 1. The molecular formula is C13H17BrN2O2. The molecule has 0 spiro atoms. The fourth-order valence-corrected chi connectivity index (χ4v) is 2.35. The minimum atomic E-state index is -0.296. The van der Waals surface area contributed by atoms with Gasteiger partial charge in [0, 0.05) is 5.71 Å². The van der Waals surface area contributed by atoms with E-state index in [1.54, 1.807) is 12.1 Å². The van der Waals surface area contributed by atoms with Gasteiger partial charge < -0.3 is 4.42 Å². The van der Waals surface area contributed by atoms with Crippen molar-refractivity contribution in [1.29, 1.82) is 0 Å². The minimum Gasteiger partial charge on any atom is -0.444 e. The zero-order valence-electron chi connectivity index (χ0n) is 10.2. The van der Waals surface area contributed by atoms with Crippen LogP contribution in [0.5, 0.6) is 0 Å². The van der Waals surface area contributed by atoms with E-state index in [1.807, 2.05) is 0 Å². The summed E-state index contributed by atoms with van der Waals surface area (Å²) in [7, 11) is 0. The first kappa shape index (κ1) is 13.3. The minimum absolute atomic E-state index is 0.275. The van der Waals surface area contributed by atoms with Crippen molar-refractivity contribution >= 4 is 27.5 Å². The van der Waals surface area contributed by atoms with Crippen molar-refractivity contribution in [3.8, 4) is 0 Å². The maximum absolute atomic E-state index is 11.7. The van der Waals surface area contributed by atoms with Gasteiger partial charge in [0.2, 0.25) is 0 Å². The second-order valence-electron chi connectivity index (χ2n) is 4.49. The van der Waals surface area contributed by atoms with Crippen LogP contribution >= 0.6 is 15.9 Å². The third-order valence-electron chi connectivity index (χ3n) is 3.04. The second kappa shape index (κ2) is 6.73. The summed E-state index contributed by atoms with van der Waals surface area (Å²) in [5.41, 5.74) is 3.66. The molecule has 1 heterocycles. The zero-order valence-corrected chi connectivity index (χ0v) is 11.8. The van der Waals surface area contributed by atoms with Gasteiger partial charge in [-0.3, -0.25) is 4.79 Å². The van der Waals surface area contributed by atoms with Gasteiger partial charge in [-0.1, -0.05) is 19.3 Å². The lowest BCUT2D eigenvalue weighted by Gasteiger charge is -2.10. The summed E-state index contributed by atoms with van der Waals surface area (Å²) in [5.74, 6) is -0.0210. The van der Waals surface area contributed by atoms with E-state index in [9.17, 15) is 4.79 Å². The van der Waals surface area contributed by atoms with E-state index in [2.05, 4.69) is 26.5 Å². The van der Waals surface area contributed by atoms with Crippen LogP contribution in [0, 0.1) is 0 Å². The molecule has 0 aromatic carbocycles. The predicted octanol–water partition coefficient (Wildman–Crippen LogP) is 3.87. The van der Waals surface area contributed by atoms with Crippen LogP contribution in [0.25, 0.3) is 0 Å². The van der Waals surface area contributed by atoms with E-state index in [1.165, 1.54) is 32.1 Å². The first-order valence-electron chi connectivity index (χ1n) is 6.37. The Morgan fingerprint density at radius 3 is 2.44 bits per heavy atom. The predicted molar refractivity (Wildman–Crippen MR) is 73.6 cm³/mol. The number of hydrogen-bond acceptors (Lipinski definition) is 3. The molecule has 1 fully saturated rings. The zero-order chi connectivity index (χ0) is 12.8. The molecule has 98 valence electrons. The number of nitrogens with zero attached hydrogens (tertiary/aromatic N) is 1. The molecule has 2 rings (SSSR count). The van der Waals surface area contributed by atoms with Crippen molar-refractivity contribution in [3.63, 3.8) is 0 Å². The van der Waals surface area contributed by atoms with Crippen LogP contribution in [0.3, 0.4) is 0 Å². The van der Waals surface area contributed by atoms with Crippen LogP contribution in [0.2, 0.25) is 0 Å². The molecule has 1 aromatic heterocycles. The highest BCUT2D eigenvalue weighted by Crippen LogP contribution is 2.15. The monoisotopic (exact) mass is 312 g/mol. The van der Waals surface area contributed by atoms with Crippen molar-refractivity contribution in [2.24, 2.45) is 5.10 Å². The molecule has 4 nitrogen and oxygen atoms in total. The lowest BCUT2D eigenvalue weighted by Crippen LogP contribution is -2.19. The van der Waals surface area contributed by atoms with E-state index in [-0.39, 0.29) is 11.7 Å². The number of rotatable bonds is 2. The molecule has 1 saturated carbocycles. The van der Waals surface area contributed by atoms with E-state index in [4.69, 9.17) is 4.42 Å². The lowest BCUT2D eigenvalue weighted by atomic mass is 9.99. The van der Waals surface area contributed by atoms with Gasteiger partial charge in [-0.25, -0.2) is 5.43 Å². The van der Waals surface area contributed by atoms with Crippen molar-refractivity contribution in [2.75, 3.05) is 0 Å². The molecule has 5 heteroatoms. The highest BCUT2D eigenvalue weighted by molar-refractivity contribution is 9.10. The molecule has 0 saturated heterocycles. The van der Waals surface area contributed by atoms with E-state index >= 15 is 0 Å². The Labute approximate surface area is 115 Å². The number of carbonyl (C=O) groups excluding carboxylic acids is 1. The molecule has 18 heavy (non-hydrogen) atoms. The molecule has 0 radical (unpaired) electrons. The van der Waals surface area contributed by atoms with Crippen LogP contribution < -0.4 is 5.43 Å². The lowest BCUT2D eigenvalue weighted by molar-refractivity contribution is 0.0925. The first-order chi connectivity index (χ1) is 8.75. The number of furan rings is 1. The van der Waals surface area contributed by atoms with Crippen molar-refractivity contribution < 1.29 is 9.21 Å². The largest absolute Gasteiger partial charge is 0.444 e. The van der Waals surface area contributed by atoms with Gasteiger partial charge in [-0.2, -0.15) is 5.10 Å². The SMILES string of the molecule is O=C(NN=C1CCCCCCC1)c1ccc(Br)o1. The van der Waals surface area contributed by atoms with Crippen LogP contribution in [-0.4, -0.2) is 11.6 Å². The number of halogens is 1. The molecule has 1 aliphatic rings. The second-order valence-corrected chi connectivity index (χ2v) is 5.27. The molecular weight excluding hydrogens is 296 g/mol. The van der Waals surface area contributed by atoms with Gasteiger partial charge in [0.25, 0.3) is 0 Å². The number of hydrogen-bond donors (Lipinski definition) is 1. The molecule has 0 atom stereocenters. The fraction of sp³-hybridized carbons (Fsp3) is 0.538. The number of amides is 1. The molecule has 1 aliphatic carbocycles. The molecule has 0 aliphatic heterocycles. The third-order valence-corrected chi connectivity index (χ3v) is 3.47. The van der Waals surface area contributed by atoms with Gasteiger partial charge in [0.05, 0.1) is 0 Å². The fourth-order valence-electron chi connectivity index (χ4n) is 2.05. The third kappa shape index (κ3) is 3.98. The van der Waals surface area contributed by atoms with Crippen molar-refractivity contribution in [2.45, 2.75) is 44.9 Å². The topological polar surface area (TPSA) is 54.6 Å². The van der Waals surface area contributed by atoms with Crippen LogP contribution in [0.1, 0.15) is 55.5 Å². The maximum Gasteiger partial charge on any atom is 0.307 e. The van der Waals surface area contributed by atoms with E-state index < -0.39 is 0 Å². The van der Waals surface area contributed by atoms with Gasteiger partial charge in [0.15, 0.2) is 10.4 Å². The first-order valence-corrected chi connectivity index (χ1v) is 7.16. The summed E-state index contributed by atoms with van der Waals surface area (Å²) in [6.07, 6.45) is 8.16. The highest BCUT2D eigenvalue weighted by Gasteiger charge is 2.10. The van der Waals surface area contributed by atoms with Gasteiger partial charge in [-0.15, -0.1) is 0 Å². The van der Waals surface area contributed by atoms with Gasteiger partial charge in [0.1, 0.15) is 0 Å². The highest BCUT2D eigenvalue weighted by atomic mass is 79.9. The molecule has 0 bridgehead atoms. The Hall–Kier alpha value is -1.10. The van der Waals surface area contributed by atoms with E-state index in [0.29, 0.717) is 4.67 Å².